The van der Waals surface area contributed by atoms with E-state index in [1.165, 1.54) is 17.0 Å². The number of nitrogens with zero attached hydrogens (tertiary/aromatic N) is 2. The maximum Gasteiger partial charge on any atom is 0.227 e. The number of rotatable bonds is 5. The van der Waals surface area contributed by atoms with Gasteiger partial charge in [0.05, 0.1) is 12.5 Å². The second kappa shape index (κ2) is 6.64. The molecule has 1 amide bonds. The maximum atomic E-state index is 12.9. The first-order valence-corrected chi connectivity index (χ1v) is 5.56. The van der Waals surface area contributed by atoms with Crippen LogP contribution < -0.4 is 0 Å². The molecule has 90 valence electrons. The number of hydrogen-bond donors (Lipinski definition) is 0. The van der Waals surface area contributed by atoms with Crippen molar-refractivity contribution in [3.63, 3.8) is 0 Å². The van der Waals surface area contributed by atoms with Gasteiger partial charge in [0.15, 0.2) is 0 Å². The minimum atomic E-state index is -0.349. The van der Waals surface area contributed by atoms with Gasteiger partial charge < -0.3 is 4.90 Å². The van der Waals surface area contributed by atoms with Gasteiger partial charge >= 0.3 is 0 Å². The van der Waals surface area contributed by atoms with Crippen molar-refractivity contribution in [2.75, 3.05) is 13.1 Å². The molecule has 0 saturated carbocycles. The molecule has 0 N–H and O–H groups in total. The number of hydrogen-bond acceptors (Lipinski definition) is 2. The Morgan fingerprint density at radius 1 is 1.53 bits per heavy atom. The van der Waals surface area contributed by atoms with Crippen LogP contribution in [0.2, 0.25) is 0 Å². The van der Waals surface area contributed by atoms with Crippen LogP contribution in [-0.4, -0.2) is 23.9 Å². The Kier molecular flexibility index (Phi) is 5.15. The summed E-state index contributed by atoms with van der Waals surface area (Å²) in [4.78, 5) is 13.3. The number of carbonyl (C=O) groups excluding carboxylic acids is 1. The van der Waals surface area contributed by atoms with Gasteiger partial charge in [-0.25, -0.2) is 4.39 Å². The molecule has 0 heterocycles. The molecular formula is C13H15FN2O. The monoisotopic (exact) mass is 234 g/mol. The van der Waals surface area contributed by atoms with Crippen molar-refractivity contribution in [1.82, 2.24) is 4.90 Å². The molecule has 0 fully saturated rings. The van der Waals surface area contributed by atoms with Gasteiger partial charge in [-0.1, -0.05) is 19.1 Å². The van der Waals surface area contributed by atoms with E-state index in [0.717, 1.165) is 6.42 Å². The first-order valence-electron chi connectivity index (χ1n) is 5.56. The van der Waals surface area contributed by atoms with Crippen molar-refractivity contribution in [3.05, 3.63) is 35.6 Å². The first-order chi connectivity index (χ1) is 8.17. The van der Waals surface area contributed by atoms with Gasteiger partial charge in [0.1, 0.15) is 12.4 Å². The third kappa shape index (κ3) is 4.23. The van der Waals surface area contributed by atoms with E-state index in [4.69, 9.17) is 5.26 Å². The number of amides is 1. The Balaban J connectivity index is 2.66. The van der Waals surface area contributed by atoms with E-state index < -0.39 is 0 Å². The Morgan fingerprint density at radius 2 is 2.29 bits per heavy atom. The Bertz CT molecular complexity index is 426. The summed E-state index contributed by atoms with van der Waals surface area (Å²) in [5.41, 5.74) is 0.633. The number of nitriles is 1. The highest BCUT2D eigenvalue weighted by Gasteiger charge is 2.12. The van der Waals surface area contributed by atoms with E-state index in [1.54, 1.807) is 12.1 Å². The highest BCUT2D eigenvalue weighted by Crippen LogP contribution is 2.06. The van der Waals surface area contributed by atoms with Crippen molar-refractivity contribution in [2.45, 2.75) is 19.8 Å². The van der Waals surface area contributed by atoms with Gasteiger partial charge in [-0.3, -0.25) is 4.79 Å². The van der Waals surface area contributed by atoms with Gasteiger partial charge in [0, 0.05) is 6.54 Å². The quantitative estimate of drug-likeness (QED) is 0.732. The van der Waals surface area contributed by atoms with Crippen molar-refractivity contribution >= 4 is 5.91 Å². The van der Waals surface area contributed by atoms with E-state index >= 15 is 0 Å². The summed E-state index contributed by atoms with van der Waals surface area (Å²) >= 11 is 0. The van der Waals surface area contributed by atoms with Gasteiger partial charge in [0.2, 0.25) is 5.91 Å². The smallest absolute Gasteiger partial charge is 0.227 e. The SMILES string of the molecule is CCCN(CC#N)C(=O)Cc1cccc(F)c1. The van der Waals surface area contributed by atoms with Crippen LogP contribution in [0, 0.1) is 17.1 Å². The summed E-state index contributed by atoms with van der Waals surface area (Å²) in [6.07, 6.45) is 0.940. The second-order valence-electron chi connectivity index (χ2n) is 3.78. The first kappa shape index (κ1) is 13.2. The Hall–Kier alpha value is -1.89. The molecular weight excluding hydrogens is 219 g/mol. The van der Waals surface area contributed by atoms with Crippen LogP contribution in [0.4, 0.5) is 4.39 Å². The van der Waals surface area contributed by atoms with Gasteiger partial charge in [-0.2, -0.15) is 5.26 Å². The van der Waals surface area contributed by atoms with Crippen LogP contribution in [0.5, 0.6) is 0 Å². The molecule has 0 aliphatic heterocycles. The maximum absolute atomic E-state index is 12.9. The van der Waals surface area contributed by atoms with E-state index in [0.29, 0.717) is 12.1 Å². The predicted molar refractivity (Wildman–Crippen MR) is 62.6 cm³/mol. The zero-order chi connectivity index (χ0) is 12.7. The normalized spacial score (nSPS) is 9.71. The highest BCUT2D eigenvalue weighted by atomic mass is 19.1. The van der Waals surface area contributed by atoms with Crippen molar-refractivity contribution in [2.24, 2.45) is 0 Å². The Morgan fingerprint density at radius 3 is 2.88 bits per heavy atom. The summed E-state index contributed by atoms with van der Waals surface area (Å²) < 4.78 is 12.9. The highest BCUT2D eigenvalue weighted by molar-refractivity contribution is 5.79. The standard InChI is InChI=1S/C13H15FN2O/c1-2-7-16(8-6-15)13(17)10-11-4-3-5-12(14)9-11/h3-5,9H,2,7-8,10H2,1H3. The van der Waals surface area contributed by atoms with E-state index in [2.05, 4.69) is 0 Å². The van der Waals surface area contributed by atoms with Crippen LogP contribution in [-0.2, 0) is 11.2 Å². The number of carbonyl (C=O) groups is 1. The topological polar surface area (TPSA) is 44.1 Å². The molecule has 0 aliphatic rings. The summed E-state index contributed by atoms with van der Waals surface area (Å²) in [7, 11) is 0. The van der Waals surface area contributed by atoms with Crippen LogP contribution >= 0.6 is 0 Å². The molecule has 0 radical (unpaired) electrons. The fourth-order valence-corrected chi connectivity index (χ4v) is 1.58. The predicted octanol–water partition coefficient (Wildman–Crippen LogP) is 2.13. The fourth-order valence-electron chi connectivity index (χ4n) is 1.58. The third-order valence-electron chi connectivity index (χ3n) is 2.35. The number of halogens is 1. The molecule has 0 bridgehead atoms. The lowest BCUT2D eigenvalue weighted by atomic mass is 10.1. The molecule has 1 aromatic carbocycles. The van der Waals surface area contributed by atoms with E-state index in [1.807, 2.05) is 13.0 Å². The van der Waals surface area contributed by atoms with Crippen molar-refractivity contribution in [3.8, 4) is 6.07 Å². The Labute approximate surface area is 100 Å². The molecule has 0 aromatic heterocycles. The molecule has 0 spiro atoms. The van der Waals surface area contributed by atoms with E-state index in [-0.39, 0.29) is 24.7 Å². The lowest BCUT2D eigenvalue weighted by Gasteiger charge is -2.18. The lowest BCUT2D eigenvalue weighted by Crippen LogP contribution is -2.33. The zero-order valence-electron chi connectivity index (χ0n) is 9.82. The summed E-state index contributed by atoms with van der Waals surface area (Å²) in [5.74, 6) is -0.489. The molecule has 0 aliphatic carbocycles. The molecule has 3 nitrogen and oxygen atoms in total. The van der Waals surface area contributed by atoms with Crippen LogP contribution in [0.25, 0.3) is 0 Å². The second-order valence-corrected chi connectivity index (χ2v) is 3.78. The molecule has 0 atom stereocenters. The summed E-state index contributed by atoms with van der Waals surface area (Å²) in [6, 6.07) is 7.93. The van der Waals surface area contributed by atoms with E-state index in [9.17, 15) is 9.18 Å². The molecule has 17 heavy (non-hydrogen) atoms. The van der Waals surface area contributed by atoms with Gasteiger partial charge in [-0.15, -0.1) is 0 Å². The molecule has 0 saturated heterocycles. The molecule has 4 heteroatoms. The zero-order valence-corrected chi connectivity index (χ0v) is 9.82. The largest absolute Gasteiger partial charge is 0.329 e. The minimum absolute atomic E-state index is 0.0853. The van der Waals surface area contributed by atoms with Gasteiger partial charge in [0.25, 0.3) is 0 Å². The number of benzene rings is 1. The molecule has 0 unspecified atom stereocenters. The summed E-state index contributed by atoms with van der Waals surface area (Å²) in [5, 5.41) is 8.62. The lowest BCUT2D eigenvalue weighted by molar-refractivity contribution is -0.129. The van der Waals surface area contributed by atoms with Crippen LogP contribution in [0.15, 0.2) is 24.3 Å². The fraction of sp³-hybridized carbons (Fsp3) is 0.385. The third-order valence-corrected chi connectivity index (χ3v) is 2.35. The van der Waals surface area contributed by atoms with Crippen LogP contribution in [0.1, 0.15) is 18.9 Å². The van der Waals surface area contributed by atoms with Crippen LogP contribution in [0.3, 0.4) is 0 Å². The molecule has 1 rings (SSSR count). The average Bonchev–Trinajstić information content (AvgIpc) is 2.28. The molecule has 1 aromatic rings. The summed E-state index contributed by atoms with van der Waals surface area (Å²) in [6.45, 7) is 2.59. The van der Waals surface area contributed by atoms with Crippen molar-refractivity contribution < 1.29 is 9.18 Å². The average molecular weight is 234 g/mol. The van der Waals surface area contributed by atoms with Gasteiger partial charge in [-0.05, 0) is 24.1 Å². The van der Waals surface area contributed by atoms with Crippen molar-refractivity contribution in [1.29, 1.82) is 5.26 Å². The minimum Gasteiger partial charge on any atom is -0.329 e.